The molecule has 0 unspecified atom stereocenters. The van der Waals surface area contributed by atoms with Gasteiger partial charge in [-0.3, -0.25) is 4.57 Å². The first-order chi connectivity index (χ1) is 19.5. The third kappa shape index (κ3) is 3.51. The van der Waals surface area contributed by atoms with Crippen molar-refractivity contribution in [2.24, 2.45) is 0 Å². The van der Waals surface area contributed by atoms with Gasteiger partial charge in [0.2, 0.25) is 5.95 Å². The minimum atomic E-state index is -0.226. The molecule has 1 aliphatic rings. The summed E-state index contributed by atoms with van der Waals surface area (Å²) in [6, 6.07) is 28.8. The van der Waals surface area contributed by atoms with Gasteiger partial charge in [-0.25, -0.2) is 4.98 Å². The van der Waals surface area contributed by atoms with Crippen molar-refractivity contribution in [2.45, 2.75) is 26.2 Å². The van der Waals surface area contributed by atoms with Crippen LogP contribution in [0.15, 0.2) is 103 Å². The molecule has 40 heavy (non-hydrogen) atoms. The molecule has 0 radical (unpaired) electrons. The van der Waals surface area contributed by atoms with Gasteiger partial charge in [0.15, 0.2) is 11.6 Å². The van der Waals surface area contributed by atoms with Crippen molar-refractivity contribution in [3.8, 4) is 34.4 Å². The van der Waals surface area contributed by atoms with Crippen LogP contribution in [-0.2, 0) is 5.41 Å². The predicted molar refractivity (Wildman–Crippen MR) is 163 cm³/mol. The molecule has 6 aromatic rings. The van der Waals surface area contributed by atoms with E-state index in [0.717, 1.165) is 32.6 Å². The zero-order chi connectivity index (χ0) is 27.4. The second-order valence-corrected chi connectivity index (χ2v) is 10.7. The van der Waals surface area contributed by atoms with Crippen LogP contribution in [0.3, 0.4) is 0 Å². The molecular formula is C35H29N5. The maximum Gasteiger partial charge on any atom is 0.238 e. The van der Waals surface area contributed by atoms with Crippen molar-refractivity contribution >= 4 is 23.6 Å². The summed E-state index contributed by atoms with van der Waals surface area (Å²) in [5, 5.41) is 3.04. The molecule has 3 aromatic carbocycles. The van der Waals surface area contributed by atoms with Crippen molar-refractivity contribution in [3.63, 3.8) is 0 Å². The summed E-state index contributed by atoms with van der Waals surface area (Å²) >= 11 is 0. The van der Waals surface area contributed by atoms with E-state index in [9.17, 15) is 0 Å². The Labute approximate surface area is 233 Å². The van der Waals surface area contributed by atoms with Crippen molar-refractivity contribution < 1.29 is 0 Å². The van der Waals surface area contributed by atoms with E-state index in [1.54, 1.807) is 0 Å². The number of hydrogen-bond acceptors (Lipinski definition) is 3. The minimum absolute atomic E-state index is 0.226. The normalized spacial score (nSPS) is 14.2. The fourth-order valence-electron chi connectivity index (χ4n) is 5.95. The number of benzene rings is 3. The van der Waals surface area contributed by atoms with E-state index >= 15 is 0 Å². The predicted octanol–water partition coefficient (Wildman–Crippen LogP) is 6.35. The minimum Gasteiger partial charge on any atom is -0.317 e. The van der Waals surface area contributed by atoms with Gasteiger partial charge in [0.25, 0.3) is 0 Å². The number of rotatable bonds is 4. The van der Waals surface area contributed by atoms with E-state index in [0.29, 0.717) is 17.6 Å². The highest BCUT2D eigenvalue weighted by atomic mass is 15.2. The Hall–Kier alpha value is -5.03. The lowest BCUT2D eigenvalue weighted by Crippen LogP contribution is -2.29. The summed E-state index contributed by atoms with van der Waals surface area (Å²) in [7, 11) is 0. The lowest BCUT2D eigenvalue weighted by atomic mass is 9.83. The monoisotopic (exact) mass is 519 g/mol. The van der Waals surface area contributed by atoms with E-state index < -0.39 is 0 Å². The topological polar surface area (TPSA) is 48.5 Å². The van der Waals surface area contributed by atoms with Crippen LogP contribution >= 0.6 is 0 Å². The highest BCUT2D eigenvalue weighted by Crippen LogP contribution is 2.46. The van der Waals surface area contributed by atoms with Crippen LogP contribution in [-0.4, -0.2) is 24.1 Å². The zero-order valence-electron chi connectivity index (χ0n) is 22.8. The van der Waals surface area contributed by atoms with Crippen LogP contribution in [0.5, 0.6) is 0 Å². The Morgan fingerprint density at radius 1 is 0.775 bits per heavy atom. The maximum absolute atomic E-state index is 5.07. The average molecular weight is 520 g/mol. The van der Waals surface area contributed by atoms with Crippen LogP contribution < -0.4 is 10.6 Å². The van der Waals surface area contributed by atoms with E-state index in [2.05, 4.69) is 72.2 Å². The first-order valence-corrected chi connectivity index (χ1v) is 13.5. The van der Waals surface area contributed by atoms with Gasteiger partial charge in [-0.15, -0.1) is 0 Å². The summed E-state index contributed by atoms with van der Waals surface area (Å²) in [6.07, 6.45) is 8.48. The molecule has 5 nitrogen and oxygen atoms in total. The Bertz CT molecular complexity index is 1990. The summed E-state index contributed by atoms with van der Waals surface area (Å²) < 4.78 is 4.46. The van der Waals surface area contributed by atoms with Crippen molar-refractivity contribution in [1.82, 2.24) is 24.1 Å². The Morgan fingerprint density at radius 3 is 2.00 bits per heavy atom. The number of hydrogen-bond donors (Lipinski definition) is 0. The number of para-hydroxylation sites is 1. The summed E-state index contributed by atoms with van der Waals surface area (Å²) in [5.41, 5.74) is 6.44. The van der Waals surface area contributed by atoms with Crippen LogP contribution in [0.4, 0.5) is 0 Å². The van der Waals surface area contributed by atoms with Gasteiger partial charge in [-0.2, -0.15) is 9.97 Å². The molecular weight excluding hydrogens is 490 g/mol. The highest BCUT2D eigenvalue weighted by molar-refractivity contribution is 5.90. The first kappa shape index (κ1) is 24.0. The van der Waals surface area contributed by atoms with Gasteiger partial charge in [0.05, 0.1) is 16.6 Å². The van der Waals surface area contributed by atoms with Crippen LogP contribution in [0.1, 0.15) is 32.0 Å². The van der Waals surface area contributed by atoms with Gasteiger partial charge in [-0.1, -0.05) is 118 Å². The second kappa shape index (κ2) is 9.02. The quantitative estimate of drug-likeness (QED) is 0.273. The van der Waals surface area contributed by atoms with Gasteiger partial charge < -0.3 is 4.57 Å². The number of aromatic nitrogens is 5. The summed E-state index contributed by atoms with van der Waals surface area (Å²) in [5.74, 6) is 1.81. The molecule has 0 spiro atoms. The van der Waals surface area contributed by atoms with Gasteiger partial charge in [0.1, 0.15) is 0 Å². The highest BCUT2D eigenvalue weighted by Gasteiger charge is 2.39. The third-order valence-electron chi connectivity index (χ3n) is 7.84. The molecule has 3 aromatic heterocycles. The summed E-state index contributed by atoms with van der Waals surface area (Å²) in [4.78, 5) is 15.0. The molecule has 4 heterocycles. The van der Waals surface area contributed by atoms with E-state index in [4.69, 9.17) is 15.0 Å². The largest absolute Gasteiger partial charge is 0.317 e. The standard InChI is InChI=1S/C35H29N5/c1-5-6-19-26-23(2)40(30-27(26)22-39-29-21-14-13-20-28(29)35(3,4)31(30)39)34-37-32(24-15-9-7-10-16-24)36-33(38-34)25-17-11-8-12-18-25/h5-22H,2H2,1,3-4H3. The fraction of sp³-hybridized carbons (Fsp3) is 0.114. The summed E-state index contributed by atoms with van der Waals surface area (Å²) in [6.45, 7) is 11.2. The van der Waals surface area contributed by atoms with Crippen LogP contribution in [0, 0.1) is 0 Å². The van der Waals surface area contributed by atoms with E-state index in [-0.39, 0.29) is 5.41 Å². The molecule has 0 saturated carbocycles. The lowest BCUT2D eigenvalue weighted by Gasteiger charge is -2.20. The van der Waals surface area contributed by atoms with E-state index in [1.807, 2.05) is 73.7 Å². The molecule has 0 saturated heterocycles. The van der Waals surface area contributed by atoms with Gasteiger partial charge in [0, 0.05) is 39.0 Å². The third-order valence-corrected chi connectivity index (χ3v) is 7.84. The maximum atomic E-state index is 5.07. The fourth-order valence-corrected chi connectivity index (χ4v) is 5.95. The molecule has 5 heteroatoms. The molecule has 0 amide bonds. The molecule has 1 aliphatic heterocycles. The molecule has 194 valence electrons. The zero-order valence-corrected chi connectivity index (χ0v) is 22.8. The van der Waals surface area contributed by atoms with Crippen LogP contribution in [0.25, 0.3) is 58.0 Å². The number of nitrogens with zero attached hydrogens (tertiary/aromatic N) is 5. The molecule has 0 fully saturated rings. The first-order valence-electron chi connectivity index (χ1n) is 13.5. The smallest absolute Gasteiger partial charge is 0.238 e. The van der Waals surface area contributed by atoms with Crippen molar-refractivity contribution in [3.05, 3.63) is 125 Å². The second-order valence-electron chi connectivity index (χ2n) is 10.7. The molecule has 0 bridgehead atoms. The number of fused-ring (bicyclic) bond motifs is 5. The molecule has 0 atom stereocenters. The Morgan fingerprint density at radius 2 is 1.38 bits per heavy atom. The van der Waals surface area contributed by atoms with Gasteiger partial charge >= 0.3 is 0 Å². The van der Waals surface area contributed by atoms with Gasteiger partial charge in [-0.05, 0) is 18.6 Å². The van der Waals surface area contributed by atoms with Crippen LogP contribution in [0.2, 0.25) is 0 Å². The SMILES string of the molecule is C=c1c(=CC=CC)c2cn3c(c2n1-c1nc(-c2ccccc2)nc(-c2ccccc2)n1)C(C)(C)c1ccccc1-3. The van der Waals surface area contributed by atoms with Crippen molar-refractivity contribution in [2.75, 3.05) is 0 Å². The number of allylic oxidation sites excluding steroid dienone is 2. The van der Waals surface area contributed by atoms with Crippen molar-refractivity contribution in [1.29, 1.82) is 0 Å². The average Bonchev–Trinajstić information content (AvgIpc) is 3.57. The van der Waals surface area contributed by atoms with E-state index in [1.165, 1.54) is 16.9 Å². The molecule has 0 N–H and O–H groups in total. The Kier molecular flexibility index (Phi) is 5.42. The molecule has 0 aliphatic carbocycles. The molecule has 7 rings (SSSR count). The lowest BCUT2D eigenvalue weighted by molar-refractivity contribution is 0.645. The Balaban J connectivity index is 1.60.